The third-order valence-electron chi connectivity index (χ3n) is 5.57. The Kier molecular flexibility index (Phi) is 7.44. The second-order valence-corrected chi connectivity index (χ2v) is 9.69. The lowest BCUT2D eigenvalue weighted by Crippen LogP contribution is -2.55. The summed E-state index contributed by atoms with van der Waals surface area (Å²) in [6.07, 6.45) is -4.35. The average molecular weight is 526 g/mol. The van der Waals surface area contributed by atoms with E-state index >= 15 is 0 Å². The molecule has 2 aromatic rings. The van der Waals surface area contributed by atoms with Crippen LogP contribution < -0.4 is 14.4 Å². The van der Waals surface area contributed by atoms with Gasteiger partial charge in [0.05, 0.1) is 29.9 Å². The van der Waals surface area contributed by atoms with Crippen LogP contribution in [-0.4, -0.2) is 50.6 Å². The third kappa shape index (κ3) is 5.51. The maximum absolute atomic E-state index is 12.7. The van der Waals surface area contributed by atoms with Gasteiger partial charge < -0.3 is 14.7 Å². The van der Waals surface area contributed by atoms with Crippen LogP contribution in [0, 0.1) is 17.2 Å². The van der Waals surface area contributed by atoms with Crippen molar-refractivity contribution in [3.63, 3.8) is 0 Å². The van der Waals surface area contributed by atoms with Crippen molar-refractivity contribution < 1.29 is 41.0 Å². The molecule has 0 radical (unpaired) electrons. The highest BCUT2D eigenvalue weighted by molar-refractivity contribution is 7.89. The monoisotopic (exact) mass is 526 g/mol. The van der Waals surface area contributed by atoms with Crippen molar-refractivity contribution in [1.29, 1.82) is 5.26 Å². The standard InChI is InChI=1S/C22H21F3N4O6S/c1-3-15-16(8-26)18(27-20(35-2)17(15)21(31)32)29-9-13(10-29)19(30)28-36(33,34)11-12-4-6-14(7-5-12)22(23,24)25/h4-7,13H,3,9-11H2,1-2H3,(H,28,30)(H,31,32). The molecule has 0 unspecified atom stereocenters. The summed E-state index contributed by atoms with van der Waals surface area (Å²) in [5.74, 6) is -3.68. The van der Waals surface area contributed by atoms with Crippen LogP contribution in [0.15, 0.2) is 24.3 Å². The number of nitriles is 1. The normalized spacial score (nSPS) is 14.1. The number of carbonyl (C=O) groups excluding carboxylic acids is 1. The molecule has 0 atom stereocenters. The van der Waals surface area contributed by atoms with E-state index in [1.165, 1.54) is 12.0 Å². The Morgan fingerprint density at radius 3 is 2.36 bits per heavy atom. The lowest BCUT2D eigenvalue weighted by molar-refractivity contribution is -0.137. The number of aromatic nitrogens is 1. The molecule has 1 aliphatic rings. The van der Waals surface area contributed by atoms with E-state index in [0.29, 0.717) is 0 Å². The molecule has 1 fully saturated rings. The van der Waals surface area contributed by atoms with Crippen molar-refractivity contribution in [3.05, 3.63) is 52.1 Å². The number of benzene rings is 1. The van der Waals surface area contributed by atoms with Gasteiger partial charge in [-0.3, -0.25) is 9.52 Å². The molecular formula is C22H21F3N4O6S. The van der Waals surface area contributed by atoms with Crippen LogP contribution in [0.5, 0.6) is 5.88 Å². The number of rotatable bonds is 8. The van der Waals surface area contributed by atoms with Gasteiger partial charge in [0.25, 0.3) is 0 Å². The topological polar surface area (TPSA) is 150 Å². The predicted molar refractivity (Wildman–Crippen MR) is 120 cm³/mol. The highest BCUT2D eigenvalue weighted by atomic mass is 32.2. The van der Waals surface area contributed by atoms with E-state index in [1.807, 2.05) is 10.8 Å². The van der Waals surface area contributed by atoms with E-state index in [1.54, 1.807) is 6.92 Å². The van der Waals surface area contributed by atoms with Crippen LogP contribution in [-0.2, 0) is 33.2 Å². The summed E-state index contributed by atoms with van der Waals surface area (Å²) in [5.41, 5.74) is -0.848. The maximum Gasteiger partial charge on any atom is 0.416 e. The Balaban J connectivity index is 1.71. The number of alkyl halides is 3. The average Bonchev–Trinajstić information content (AvgIpc) is 2.75. The number of ether oxygens (including phenoxy) is 1. The van der Waals surface area contributed by atoms with Crippen molar-refractivity contribution >= 4 is 27.7 Å². The number of pyridine rings is 1. The van der Waals surface area contributed by atoms with Crippen LogP contribution >= 0.6 is 0 Å². The summed E-state index contributed by atoms with van der Waals surface area (Å²) < 4.78 is 69.7. The first-order chi connectivity index (χ1) is 16.8. The number of nitrogens with one attached hydrogen (secondary N) is 1. The number of hydrogen-bond acceptors (Lipinski definition) is 8. The van der Waals surface area contributed by atoms with E-state index in [2.05, 4.69) is 4.98 Å². The van der Waals surface area contributed by atoms with E-state index in [4.69, 9.17) is 4.74 Å². The molecule has 192 valence electrons. The smallest absolute Gasteiger partial charge is 0.416 e. The fraction of sp³-hybridized carbons (Fsp3) is 0.364. The van der Waals surface area contributed by atoms with Crippen molar-refractivity contribution in [1.82, 2.24) is 9.71 Å². The van der Waals surface area contributed by atoms with Gasteiger partial charge in [-0.05, 0) is 29.7 Å². The summed E-state index contributed by atoms with van der Waals surface area (Å²) in [6.45, 7) is 1.67. The van der Waals surface area contributed by atoms with Crippen molar-refractivity contribution in [2.24, 2.45) is 5.92 Å². The second-order valence-electron chi connectivity index (χ2n) is 7.97. The number of methoxy groups -OCH3 is 1. The second kappa shape index (κ2) is 10.0. The number of aromatic carboxylic acids is 1. The van der Waals surface area contributed by atoms with E-state index in [-0.39, 0.29) is 53.5 Å². The van der Waals surface area contributed by atoms with Gasteiger partial charge >= 0.3 is 12.1 Å². The minimum Gasteiger partial charge on any atom is -0.480 e. The first-order valence-corrected chi connectivity index (χ1v) is 12.2. The molecule has 0 bridgehead atoms. The highest BCUT2D eigenvalue weighted by Gasteiger charge is 2.38. The molecule has 1 amide bonds. The first-order valence-electron chi connectivity index (χ1n) is 10.5. The lowest BCUT2D eigenvalue weighted by atomic mass is 9.96. The lowest BCUT2D eigenvalue weighted by Gasteiger charge is -2.39. The Labute approximate surface area is 204 Å². The van der Waals surface area contributed by atoms with Crippen LogP contribution in [0.1, 0.15) is 39.5 Å². The molecule has 0 aliphatic carbocycles. The molecule has 0 spiro atoms. The van der Waals surface area contributed by atoms with Crippen molar-refractivity contribution in [2.75, 3.05) is 25.1 Å². The van der Waals surface area contributed by atoms with E-state index < -0.39 is 45.3 Å². The zero-order chi connectivity index (χ0) is 26.8. The molecule has 0 saturated carbocycles. The zero-order valence-electron chi connectivity index (χ0n) is 19.1. The van der Waals surface area contributed by atoms with Gasteiger partial charge in [0.15, 0.2) is 5.82 Å². The number of sulfonamides is 1. The maximum atomic E-state index is 12.7. The molecule has 1 aliphatic heterocycles. The van der Waals surface area contributed by atoms with E-state index in [0.717, 1.165) is 24.3 Å². The van der Waals surface area contributed by atoms with Crippen LogP contribution in [0.3, 0.4) is 0 Å². The number of halogens is 3. The SMILES string of the molecule is CCc1c(C#N)c(N2CC(C(=O)NS(=O)(=O)Cc3ccc(C(F)(F)F)cc3)C2)nc(OC)c1C(=O)O. The summed E-state index contributed by atoms with van der Waals surface area (Å²) >= 11 is 0. The van der Waals surface area contributed by atoms with Crippen molar-refractivity contribution in [3.8, 4) is 11.9 Å². The van der Waals surface area contributed by atoms with Crippen LogP contribution in [0.4, 0.5) is 19.0 Å². The predicted octanol–water partition coefficient (Wildman–Crippen LogP) is 2.32. The summed E-state index contributed by atoms with van der Waals surface area (Å²) in [6, 6.07) is 5.49. The molecule has 1 aromatic heterocycles. The highest BCUT2D eigenvalue weighted by Crippen LogP contribution is 2.34. The first kappa shape index (κ1) is 26.7. The van der Waals surface area contributed by atoms with Crippen LogP contribution in [0.25, 0.3) is 0 Å². The number of carboxylic acids is 1. The van der Waals surface area contributed by atoms with Crippen LogP contribution in [0.2, 0.25) is 0 Å². The van der Waals surface area contributed by atoms with Gasteiger partial charge in [-0.2, -0.15) is 23.4 Å². The summed E-state index contributed by atoms with van der Waals surface area (Å²) in [4.78, 5) is 29.8. The molecule has 2 heterocycles. The Hall–Kier alpha value is -3.86. The Morgan fingerprint density at radius 2 is 1.89 bits per heavy atom. The minimum atomic E-state index is -4.56. The van der Waals surface area contributed by atoms with Gasteiger partial charge in [-0.1, -0.05) is 19.1 Å². The van der Waals surface area contributed by atoms with Gasteiger partial charge in [-0.25, -0.2) is 13.2 Å². The van der Waals surface area contributed by atoms with Gasteiger partial charge in [0, 0.05) is 13.1 Å². The Morgan fingerprint density at radius 1 is 1.28 bits per heavy atom. The molecule has 10 nitrogen and oxygen atoms in total. The number of anilines is 1. The number of carboxylic acid groups (broad SMARTS) is 1. The molecule has 1 saturated heterocycles. The fourth-order valence-corrected chi connectivity index (χ4v) is 4.94. The number of nitrogens with zero attached hydrogens (tertiary/aromatic N) is 3. The zero-order valence-corrected chi connectivity index (χ0v) is 19.9. The van der Waals surface area contributed by atoms with Gasteiger partial charge in [-0.15, -0.1) is 0 Å². The Bertz CT molecular complexity index is 1330. The largest absolute Gasteiger partial charge is 0.480 e. The molecule has 14 heteroatoms. The molecule has 36 heavy (non-hydrogen) atoms. The van der Waals surface area contributed by atoms with Crippen molar-refractivity contribution in [2.45, 2.75) is 25.3 Å². The number of carbonyl (C=O) groups is 2. The molecule has 3 rings (SSSR count). The summed E-state index contributed by atoms with van der Waals surface area (Å²) in [7, 11) is -2.95. The summed E-state index contributed by atoms with van der Waals surface area (Å²) in [5, 5.41) is 19.1. The molecule has 2 N–H and O–H groups in total. The quantitative estimate of drug-likeness (QED) is 0.528. The molecular weight excluding hydrogens is 505 g/mol. The van der Waals surface area contributed by atoms with Gasteiger partial charge in [0.2, 0.25) is 21.8 Å². The molecule has 1 aromatic carbocycles. The fourth-order valence-electron chi connectivity index (χ4n) is 3.76. The van der Waals surface area contributed by atoms with E-state index in [9.17, 15) is 41.5 Å². The number of amides is 1. The minimum absolute atomic E-state index is 0.00202. The van der Waals surface area contributed by atoms with Gasteiger partial charge in [0.1, 0.15) is 11.6 Å². The number of hydrogen-bond donors (Lipinski definition) is 2. The third-order valence-corrected chi connectivity index (χ3v) is 6.79.